The van der Waals surface area contributed by atoms with Crippen molar-refractivity contribution in [3.05, 3.63) is 29.8 Å². The minimum Gasteiger partial charge on any atom is -0.338 e. The fraction of sp³-hybridized carbons (Fsp3) is 0.533. The average Bonchev–Trinajstić information content (AvgIpc) is 2.34. The number of amides is 1. The molecule has 0 aliphatic heterocycles. The Labute approximate surface area is 121 Å². The van der Waals surface area contributed by atoms with Crippen LogP contribution < -0.4 is 0 Å². The molecule has 0 aliphatic rings. The van der Waals surface area contributed by atoms with E-state index in [0.29, 0.717) is 5.56 Å². The van der Waals surface area contributed by atoms with Crippen molar-refractivity contribution in [3.63, 3.8) is 0 Å². The van der Waals surface area contributed by atoms with Crippen LogP contribution in [0.1, 0.15) is 38.1 Å². The van der Waals surface area contributed by atoms with Crippen molar-refractivity contribution in [2.45, 2.75) is 38.6 Å². The molecule has 1 rings (SSSR count). The third kappa shape index (κ3) is 3.82. The molecule has 1 amide bonds. The first kappa shape index (κ1) is 16.7. The number of hydrogen-bond donors (Lipinski definition) is 0. The molecule has 112 valence electrons. The van der Waals surface area contributed by atoms with Crippen molar-refractivity contribution in [1.82, 2.24) is 4.90 Å². The maximum atomic E-state index is 12.4. The molecule has 4 nitrogen and oxygen atoms in total. The van der Waals surface area contributed by atoms with Crippen LogP contribution in [0.25, 0.3) is 0 Å². The van der Waals surface area contributed by atoms with Gasteiger partial charge in [-0.25, -0.2) is 8.42 Å². The number of nitrogens with zero attached hydrogens (tertiary/aromatic N) is 1. The SMILES string of the molecule is C[C@@H](N(C)C(=O)c1ccc(S(C)(=O)=O)cc1)C(C)(C)C. The molecule has 0 bridgehead atoms. The minimum absolute atomic E-state index is 0.0168. The van der Waals surface area contributed by atoms with E-state index in [4.69, 9.17) is 0 Å². The molecule has 0 spiro atoms. The van der Waals surface area contributed by atoms with Gasteiger partial charge in [-0.2, -0.15) is 0 Å². The molecule has 0 aliphatic carbocycles. The highest BCUT2D eigenvalue weighted by Gasteiger charge is 2.27. The monoisotopic (exact) mass is 297 g/mol. The van der Waals surface area contributed by atoms with Crippen LogP contribution in [-0.2, 0) is 9.84 Å². The topological polar surface area (TPSA) is 54.5 Å². The summed E-state index contributed by atoms with van der Waals surface area (Å²) in [7, 11) is -1.46. The number of sulfone groups is 1. The standard InChI is InChI=1S/C15H23NO3S/c1-11(15(2,3)4)16(5)14(17)12-7-9-13(10-8-12)20(6,18)19/h7-11H,1-6H3/t11-/m1/s1. The maximum absolute atomic E-state index is 12.4. The van der Waals surface area contributed by atoms with E-state index < -0.39 is 9.84 Å². The Hall–Kier alpha value is -1.36. The lowest BCUT2D eigenvalue weighted by molar-refractivity contribution is 0.0629. The summed E-state index contributed by atoms with van der Waals surface area (Å²) in [5, 5.41) is 0. The molecule has 0 unspecified atom stereocenters. The van der Waals surface area contributed by atoms with Crippen molar-refractivity contribution in [1.29, 1.82) is 0 Å². The van der Waals surface area contributed by atoms with Crippen molar-refractivity contribution in [2.24, 2.45) is 5.41 Å². The molecular formula is C15H23NO3S. The molecule has 0 saturated heterocycles. The minimum atomic E-state index is -3.23. The number of carbonyl (C=O) groups excluding carboxylic acids is 1. The Morgan fingerprint density at radius 3 is 1.95 bits per heavy atom. The first-order chi connectivity index (χ1) is 8.94. The molecular weight excluding hydrogens is 274 g/mol. The lowest BCUT2D eigenvalue weighted by atomic mass is 9.87. The van der Waals surface area contributed by atoms with Gasteiger partial charge in [0.25, 0.3) is 5.91 Å². The molecule has 20 heavy (non-hydrogen) atoms. The molecule has 1 atom stereocenters. The van der Waals surface area contributed by atoms with Crippen LogP contribution in [0, 0.1) is 5.41 Å². The lowest BCUT2D eigenvalue weighted by Crippen LogP contribution is -2.42. The summed E-state index contributed by atoms with van der Waals surface area (Å²) >= 11 is 0. The van der Waals surface area contributed by atoms with E-state index in [1.807, 2.05) is 6.92 Å². The van der Waals surface area contributed by atoms with Crippen molar-refractivity contribution in [3.8, 4) is 0 Å². The highest BCUT2D eigenvalue weighted by molar-refractivity contribution is 7.90. The Kier molecular flexibility index (Phi) is 4.64. The van der Waals surface area contributed by atoms with Crippen LogP contribution in [0.3, 0.4) is 0 Å². The van der Waals surface area contributed by atoms with Crippen LogP contribution >= 0.6 is 0 Å². The first-order valence-electron chi connectivity index (χ1n) is 6.52. The van der Waals surface area contributed by atoms with Gasteiger partial charge in [0.05, 0.1) is 4.90 Å². The average molecular weight is 297 g/mol. The fourth-order valence-electron chi connectivity index (χ4n) is 1.81. The second-order valence-electron chi connectivity index (χ2n) is 6.25. The molecule has 1 aromatic rings. The molecule has 0 N–H and O–H groups in total. The summed E-state index contributed by atoms with van der Waals surface area (Å²) in [6.45, 7) is 8.24. The summed E-state index contributed by atoms with van der Waals surface area (Å²) in [5.41, 5.74) is 0.480. The second-order valence-corrected chi connectivity index (χ2v) is 8.27. The molecule has 5 heteroatoms. The number of carbonyl (C=O) groups is 1. The van der Waals surface area contributed by atoms with E-state index in [0.717, 1.165) is 6.26 Å². The van der Waals surface area contributed by atoms with Crippen molar-refractivity contribution < 1.29 is 13.2 Å². The Morgan fingerprint density at radius 2 is 1.60 bits per heavy atom. The summed E-state index contributed by atoms with van der Waals surface area (Å²) in [4.78, 5) is 14.3. The largest absolute Gasteiger partial charge is 0.338 e. The fourth-order valence-corrected chi connectivity index (χ4v) is 2.44. The third-order valence-corrected chi connectivity index (χ3v) is 4.81. The smallest absolute Gasteiger partial charge is 0.253 e. The molecule has 0 radical (unpaired) electrons. The van der Waals surface area contributed by atoms with Crippen LogP contribution in [0.2, 0.25) is 0 Å². The highest BCUT2D eigenvalue weighted by atomic mass is 32.2. The first-order valence-corrected chi connectivity index (χ1v) is 8.41. The van der Waals surface area contributed by atoms with Gasteiger partial charge in [0.2, 0.25) is 0 Å². The van der Waals surface area contributed by atoms with Gasteiger partial charge in [-0.05, 0) is 36.6 Å². The number of hydrogen-bond acceptors (Lipinski definition) is 3. The van der Waals surface area contributed by atoms with E-state index in [1.54, 1.807) is 24.1 Å². The van der Waals surface area contributed by atoms with Crippen LogP contribution in [-0.4, -0.2) is 38.6 Å². The molecule has 0 fully saturated rings. The third-order valence-electron chi connectivity index (χ3n) is 3.68. The van der Waals surface area contributed by atoms with Gasteiger partial charge in [0.15, 0.2) is 9.84 Å². The van der Waals surface area contributed by atoms with Gasteiger partial charge < -0.3 is 4.90 Å². The number of benzene rings is 1. The van der Waals surface area contributed by atoms with Crippen molar-refractivity contribution in [2.75, 3.05) is 13.3 Å². The Balaban J connectivity index is 2.99. The summed E-state index contributed by atoms with van der Waals surface area (Å²) in [5.74, 6) is -0.104. The van der Waals surface area contributed by atoms with Crippen LogP contribution in [0.4, 0.5) is 0 Å². The van der Waals surface area contributed by atoms with Crippen molar-refractivity contribution >= 4 is 15.7 Å². The zero-order valence-electron chi connectivity index (χ0n) is 13.0. The summed E-state index contributed by atoms with van der Waals surface area (Å²) in [6.07, 6.45) is 1.15. The molecule has 1 aromatic carbocycles. The summed E-state index contributed by atoms with van der Waals surface area (Å²) < 4.78 is 22.8. The zero-order chi connectivity index (χ0) is 15.7. The predicted molar refractivity (Wildman–Crippen MR) is 80.6 cm³/mol. The van der Waals surface area contributed by atoms with Gasteiger partial charge in [-0.1, -0.05) is 20.8 Å². The van der Waals surface area contributed by atoms with Gasteiger partial charge in [0, 0.05) is 24.9 Å². The van der Waals surface area contributed by atoms with Gasteiger partial charge in [0.1, 0.15) is 0 Å². The Bertz CT molecular complexity index is 583. The van der Waals surface area contributed by atoms with Gasteiger partial charge in [-0.15, -0.1) is 0 Å². The van der Waals surface area contributed by atoms with E-state index in [2.05, 4.69) is 20.8 Å². The Morgan fingerprint density at radius 1 is 1.15 bits per heavy atom. The van der Waals surface area contributed by atoms with Crippen LogP contribution in [0.15, 0.2) is 29.2 Å². The predicted octanol–water partition coefficient (Wildman–Crippen LogP) is 2.60. The van der Waals surface area contributed by atoms with E-state index in [-0.39, 0.29) is 22.3 Å². The quantitative estimate of drug-likeness (QED) is 0.861. The van der Waals surface area contributed by atoms with Gasteiger partial charge >= 0.3 is 0 Å². The number of rotatable bonds is 3. The van der Waals surface area contributed by atoms with Crippen LogP contribution in [0.5, 0.6) is 0 Å². The molecule has 0 heterocycles. The van der Waals surface area contributed by atoms with E-state index >= 15 is 0 Å². The van der Waals surface area contributed by atoms with Gasteiger partial charge in [-0.3, -0.25) is 4.79 Å². The van der Waals surface area contributed by atoms with E-state index in [1.165, 1.54) is 12.1 Å². The molecule has 0 saturated carbocycles. The second kappa shape index (κ2) is 5.56. The maximum Gasteiger partial charge on any atom is 0.253 e. The summed E-state index contributed by atoms with van der Waals surface area (Å²) in [6, 6.07) is 6.13. The lowest BCUT2D eigenvalue weighted by Gasteiger charge is -2.35. The normalized spacial score (nSPS) is 13.9. The molecule has 0 aromatic heterocycles. The van der Waals surface area contributed by atoms with E-state index in [9.17, 15) is 13.2 Å². The highest BCUT2D eigenvalue weighted by Crippen LogP contribution is 2.24. The zero-order valence-corrected chi connectivity index (χ0v) is 13.8.